The summed E-state index contributed by atoms with van der Waals surface area (Å²) in [6.45, 7) is 5.17. The summed E-state index contributed by atoms with van der Waals surface area (Å²) in [5.74, 6) is 0.189. The van der Waals surface area contributed by atoms with Gasteiger partial charge in [0.15, 0.2) is 0 Å². The second kappa shape index (κ2) is 16.5. The van der Waals surface area contributed by atoms with Gasteiger partial charge in [0.1, 0.15) is 52.6 Å². The molecule has 5 aromatic carbocycles. The average molecular weight is 653 g/mol. The van der Waals surface area contributed by atoms with Gasteiger partial charge < -0.3 is 24.1 Å². The zero-order chi connectivity index (χ0) is 33.9. The maximum atomic E-state index is 14.0. The van der Waals surface area contributed by atoms with Crippen molar-refractivity contribution in [2.24, 2.45) is 0 Å². The molecule has 0 saturated heterocycles. The SMILES string of the molecule is CCCc1c(OCCCOc2cc(OCc3ccccc3)c(-c3ccc(F)cc3)cc2CC)cccc1Oc1cc(F)ccc1C(=O)O. The summed E-state index contributed by atoms with van der Waals surface area (Å²) in [4.78, 5) is 11.7. The Morgan fingerprint density at radius 1 is 0.688 bits per heavy atom. The van der Waals surface area contributed by atoms with Crippen LogP contribution in [0, 0.1) is 11.6 Å². The molecule has 6 nitrogen and oxygen atoms in total. The van der Waals surface area contributed by atoms with Crippen molar-refractivity contribution in [1.82, 2.24) is 0 Å². The molecule has 0 saturated carbocycles. The number of rotatable bonds is 16. The Balaban J connectivity index is 1.28. The fourth-order valence-corrected chi connectivity index (χ4v) is 5.30. The van der Waals surface area contributed by atoms with E-state index in [4.69, 9.17) is 18.9 Å². The third-order valence-corrected chi connectivity index (χ3v) is 7.72. The second-order valence-electron chi connectivity index (χ2n) is 11.2. The summed E-state index contributed by atoms with van der Waals surface area (Å²) < 4.78 is 52.3. The first-order valence-corrected chi connectivity index (χ1v) is 16.0. The van der Waals surface area contributed by atoms with E-state index < -0.39 is 11.8 Å². The first-order valence-electron chi connectivity index (χ1n) is 16.0. The molecule has 1 N–H and O–H groups in total. The van der Waals surface area contributed by atoms with Gasteiger partial charge in [-0.25, -0.2) is 13.6 Å². The maximum absolute atomic E-state index is 14.0. The van der Waals surface area contributed by atoms with Gasteiger partial charge in [-0.05, 0) is 72.0 Å². The minimum Gasteiger partial charge on any atom is -0.493 e. The summed E-state index contributed by atoms with van der Waals surface area (Å²) in [5.41, 5.74) is 4.37. The van der Waals surface area contributed by atoms with Crippen molar-refractivity contribution in [2.45, 2.75) is 46.1 Å². The number of carbonyl (C=O) groups is 1. The highest BCUT2D eigenvalue weighted by atomic mass is 19.1. The number of carboxylic acid groups (broad SMARTS) is 1. The molecule has 0 unspecified atom stereocenters. The lowest BCUT2D eigenvalue weighted by molar-refractivity contribution is 0.0694. The Morgan fingerprint density at radius 2 is 1.40 bits per heavy atom. The van der Waals surface area contributed by atoms with Crippen molar-refractivity contribution in [2.75, 3.05) is 13.2 Å². The predicted octanol–water partition coefficient (Wildman–Crippen LogP) is 10.1. The molecular formula is C40H38F2O6. The highest BCUT2D eigenvalue weighted by molar-refractivity contribution is 5.91. The topological polar surface area (TPSA) is 74.2 Å². The zero-order valence-electron chi connectivity index (χ0n) is 27.0. The van der Waals surface area contributed by atoms with Crippen LogP contribution in [0.25, 0.3) is 11.1 Å². The molecule has 0 aromatic heterocycles. The normalized spacial score (nSPS) is 10.8. The molecule has 0 atom stereocenters. The number of carboxylic acids is 1. The summed E-state index contributed by atoms with van der Waals surface area (Å²) in [7, 11) is 0. The van der Waals surface area contributed by atoms with E-state index in [1.807, 2.05) is 55.5 Å². The number of aryl methyl sites for hydroxylation is 1. The van der Waals surface area contributed by atoms with E-state index in [9.17, 15) is 18.7 Å². The number of hydrogen-bond donors (Lipinski definition) is 1. The van der Waals surface area contributed by atoms with Gasteiger partial charge in [0.25, 0.3) is 0 Å². The minimum absolute atomic E-state index is 0.0744. The fourth-order valence-electron chi connectivity index (χ4n) is 5.30. The maximum Gasteiger partial charge on any atom is 0.339 e. The van der Waals surface area contributed by atoms with Crippen LogP contribution in [0.1, 0.15) is 53.7 Å². The molecule has 8 heteroatoms. The third-order valence-electron chi connectivity index (χ3n) is 7.72. The van der Waals surface area contributed by atoms with E-state index >= 15 is 0 Å². The lowest BCUT2D eigenvalue weighted by Gasteiger charge is -2.18. The van der Waals surface area contributed by atoms with E-state index in [1.165, 1.54) is 18.2 Å². The molecule has 0 amide bonds. The molecule has 5 rings (SSSR count). The number of aromatic carboxylic acids is 1. The van der Waals surface area contributed by atoms with E-state index in [2.05, 4.69) is 6.92 Å². The molecule has 248 valence electrons. The van der Waals surface area contributed by atoms with Gasteiger partial charge in [0, 0.05) is 29.7 Å². The third kappa shape index (κ3) is 8.70. The van der Waals surface area contributed by atoms with Crippen LogP contribution in [-0.2, 0) is 19.4 Å². The lowest BCUT2D eigenvalue weighted by atomic mass is 10.00. The van der Waals surface area contributed by atoms with Crippen LogP contribution in [0.3, 0.4) is 0 Å². The van der Waals surface area contributed by atoms with E-state index in [0.717, 1.165) is 52.8 Å². The van der Waals surface area contributed by atoms with Gasteiger partial charge in [0.05, 0.1) is 13.2 Å². The molecule has 0 heterocycles. The standard InChI is InChI=1S/C40H38F2O6/c1-3-10-32-35(13-8-14-36(32)48-39-24-31(42)19-20-33(39)40(43)44)45-21-9-22-46-37-25-38(47-26-27-11-6-5-7-12-27)34(23-28(37)4-2)29-15-17-30(41)18-16-29/h5-8,11-20,23-25H,3-4,9-10,21-22,26H2,1-2H3,(H,43,44). The minimum atomic E-state index is -1.21. The molecule has 0 aliphatic rings. The van der Waals surface area contributed by atoms with Crippen molar-refractivity contribution in [3.05, 3.63) is 137 Å². The second-order valence-corrected chi connectivity index (χ2v) is 11.2. The summed E-state index contributed by atoms with van der Waals surface area (Å²) in [6, 6.07) is 28.8. The zero-order valence-corrected chi connectivity index (χ0v) is 27.0. The van der Waals surface area contributed by atoms with Gasteiger partial charge in [0.2, 0.25) is 0 Å². The molecule has 5 aromatic rings. The highest BCUT2D eigenvalue weighted by Gasteiger charge is 2.18. The van der Waals surface area contributed by atoms with Gasteiger partial charge in [-0.2, -0.15) is 0 Å². The summed E-state index contributed by atoms with van der Waals surface area (Å²) >= 11 is 0. The summed E-state index contributed by atoms with van der Waals surface area (Å²) in [5, 5.41) is 9.55. The van der Waals surface area contributed by atoms with E-state index in [0.29, 0.717) is 55.7 Å². The van der Waals surface area contributed by atoms with Crippen molar-refractivity contribution in [3.63, 3.8) is 0 Å². The molecule has 0 aliphatic carbocycles. The molecular weight excluding hydrogens is 614 g/mol. The van der Waals surface area contributed by atoms with Crippen molar-refractivity contribution in [3.8, 4) is 39.9 Å². The number of ether oxygens (including phenoxy) is 4. The smallest absolute Gasteiger partial charge is 0.339 e. The Hall–Kier alpha value is -5.37. The van der Waals surface area contributed by atoms with Crippen LogP contribution >= 0.6 is 0 Å². The first-order chi connectivity index (χ1) is 23.4. The van der Waals surface area contributed by atoms with Crippen LogP contribution in [-0.4, -0.2) is 24.3 Å². The van der Waals surface area contributed by atoms with Crippen LogP contribution < -0.4 is 18.9 Å². The fraction of sp³-hybridized carbons (Fsp3) is 0.225. The number of halogens is 2. The number of benzene rings is 5. The van der Waals surface area contributed by atoms with Crippen LogP contribution in [0.2, 0.25) is 0 Å². The van der Waals surface area contributed by atoms with Gasteiger partial charge in [-0.1, -0.05) is 68.8 Å². The highest BCUT2D eigenvalue weighted by Crippen LogP contribution is 2.38. The molecule has 0 radical (unpaired) electrons. The van der Waals surface area contributed by atoms with Gasteiger partial charge in [-0.3, -0.25) is 0 Å². The average Bonchev–Trinajstić information content (AvgIpc) is 3.09. The Bertz CT molecular complexity index is 1820. The lowest BCUT2D eigenvalue weighted by Crippen LogP contribution is -2.08. The Labute approximate surface area is 279 Å². The first kappa shape index (κ1) is 34.0. The molecule has 0 aliphatic heterocycles. The largest absolute Gasteiger partial charge is 0.493 e. The Morgan fingerprint density at radius 3 is 2.10 bits per heavy atom. The predicted molar refractivity (Wildman–Crippen MR) is 181 cm³/mol. The van der Waals surface area contributed by atoms with E-state index in [1.54, 1.807) is 24.3 Å². The van der Waals surface area contributed by atoms with Crippen molar-refractivity contribution in [1.29, 1.82) is 0 Å². The van der Waals surface area contributed by atoms with Crippen molar-refractivity contribution >= 4 is 5.97 Å². The van der Waals surface area contributed by atoms with Crippen LogP contribution in [0.5, 0.6) is 28.7 Å². The monoisotopic (exact) mass is 652 g/mol. The molecule has 0 fully saturated rings. The van der Waals surface area contributed by atoms with E-state index in [-0.39, 0.29) is 17.1 Å². The summed E-state index contributed by atoms with van der Waals surface area (Å²) in [6.07, 6.45) is 2.71. The molecule has 0 bridgehead atoms. The number of hydrogen-bond acceptors (Lipinski definition) is 5. The van der Waals surface area contributed by atoms with Crippen LogP contribution in [0.15, 0.2) is 103 Å². The van der Waals surface area contributed by atoms with Gasteiger partial charge in [-0.15, -0.1) is 0 Å². The Kier molecular flexibility index (Phi) is 11.6. The van der Waals surface area contributed by atoms with Crippen LogP contribution in [0.4, 0.5) is 8.78 Å². The quantitative estimate of drug-likeness (QED) is 0.107. The molecule has 0 spiro atoms. The molecule has 48 heavy (non-hydrogen) atoms. The van der Waals surface area contributed by atoms with Crippen molar-refractivity contribution < 1.29 is 37.6 Å². The van der Waals surface area contributed by atoms with Gasteiger partial charge >= 0.3 is 5.97 Å².